The van der Waals surface area contributed by atoms with Crippen molar-refractivity contribution in [3.05, 3.63) is 58.3 Å². The van der Waals surface area contributed by atoms with Crippen LogP contribution in [0.4, 0.5) is 5.69 Å². The lowest BCUT2D eigenvalue weighted by atomic mass is 10.0. The first kappa shape index (κ1) is 18.9. The second-order valence-corrected chi connectivity index (χ2v) is 7.57. The molecule has 0 spiro atoms. The lowest BCUT2D eigenvalue weighted by Crippen LogP contribution is -2.21. The van der Waals surface area contributed by atoms with Gasteiger partial charge in [-0.15, -0.1) is 0 Å². The van der Waals surface area contributed by atoms with E-state index in [-0.39, 0.29) is 12.1 Å². The van der Waals surface area contributed by atoms with E-state index in [1.54, 1.807) is 6.20 Å². The van der Waals surface area contributed by atoms with Crippen molar-refractivity contribution in [1.82, 2.24) is 4.98 Å². The molecule has 26 heavy (non-hydrogen) atoms. The summed E-state index contributed by atoms with van der Waals surface area (Å²) >= 11 is 3.57. The van der Waals surface area contributed by atoms with E-state index in [1.165, 1.54) is 0 Å². The number of aromatic nitrogens is 1. The molecule has 4 nitrogen and oxygen atoms in total. The van der Waals surface area contributed by atoms with E-state index < -0.39 is 0 Å². The quantitative estimate of drug-likeness (QED) is 0.715. The largest absolute Gasteiger partial charge is 0.393 e. The Bertz CT molecular complexity index is 815. The van der Waals surface area contributed by atoms with Gasteiger partial charge in [0.15, 0.2) is 0 Å². The monoisotopic (exact) mass is 413 g/mol. The van der Waals surface area contributed by atoms with Gasteiger partial charge in [0, 0.05) is 21.9 Å². The van der Waals surface area contributed by atoms with Crippen molar-refractivity contribution < 1.29 is 5.11 Å². The zero-order valence-corrected chi connectivity index (χ0v) is 16.8. The van der Waals surface area contributed by atoms with Gasteiger partial charge in [0.25, 0.3) is 0 Å². The summed E-state index contributed by atoms with van der Waals surface area (Å²) in [7, 11) is 0. The maximum atomic E-state index is 9.72. The van der Waals surface area contributed by atoms with Gasteiger partial charge in [0.1, 0.15) is 0 Å². The van der Waals surface area contributed by atoms with Crippen molar-refractivity contribution in [2.75, 3.05) is 0 Å². The van der Waals surface area contributed by atoms with E-state index >= 15 is 0 Å². The Labute approximate surface area is 163 Å². The molecule has 1 aromatic carbocycles. The molecule has 2 atom stereocenters. The summed E-state index contributed by atoms with van der Waals surface area (Å²) in [5.41, 5.74) is 4.70. The minimum absolute atomic E-state index is 0.0157. The second-order valence-electron chi connectivity index (χ2n) is 6.65. The minimum atomic E-state index is -0.341. The Morgan fingerprint density at radius 2 is 2.08 bits per heavy atom. The molecular weight excluding hydrogens is 390 g/mol. The number of aliphatic imine (C=N–C) groups is 2. The van der Waals surface area contributed by atoms with Crippen LogP contribution >= 0.6 is 15.9 Å². The smallest absolute Gasteiger partial charge is 0.0933 e. The minimum Gasteiger partial charge on any atom is -0.393 e. The Kier molecular flexibility index (Phi) is 6.33. The molecule has 1 aromatic heterocycles. The predicted molar refractivity (Wildman–Crippen MR) is 111 cm³/mol. The number of rotatable bonds is 6. The number of benzene rings is 1. The van der Waals surface area contributed by atoms with Crippen LogP contribution in [0.25, 0.3) is 0 Å². The van der Waals surface area contributed by atoms with E-state index in [0.717, 1.165) is 52.1 Å². The van der Waals surface area contributed by atoms with Crippen molar-refractivity contribution in [3.63, 3.8) is 0 Å². The Morgan fingerprint density at radius 1 is 1.23 bits per heavy atom. The highest BCUT2D eigenvalue weighted by Crippen LogP contribution is 2.31. The van der Waals surface area contributed by atoms with Crippen LogP contribution in [-0.2, 0) is 0 Å². The number of aliphatic hydroxyl groups is 1. The molecule has 0 radical (unpaired) electrons. The highest BCUT2D eigenvalue weighted by atomic mass is 79.9. The van der Waals surface area contributed by atoms with Gasteiger partial charge in [0.05, 0.1) is 29.2 Å². The number of hydrogen-bond acceptors (Lipinski definition) is 4. The summed E-state index contributed by atoms with van der Waals surface area (Å²) in [5, 5.41) is 9.72. The summed E-state index contributed by atoms with van der Waals surface area (Å²) in [6, 6.07) is 12.0. The van der Waals surface area contributed by atoms with Crippen molar-refractivity contribution >= 4 is 33.0 Å². The highest BCUT2D eigenvalue weighted by Gasteiger charge is 2.23. The SMILES string of the molecule is CCC[C@@H]1N=C(c2ccccn2)c2cc(Br)ccc2N=C1CCC(C)O. The fourth-order valence-electron chi connectivity index (χ4n) is 3.12. The van der Waals surface area contributed by atoms with Crippen LogP contribution in [0.2, 0.25) is 0 Å². The summed E-state index contributed by atoms with van der Waals surface area (Å²) in [4.78, 5) is 14.6. The molecule has 0 aliphatic carbocycles. The zero-order valence-electron chi connectivity index (χ0n) is 15.2. The van der Waals surface area contributed by atoms with Crippen LogP contribution in [0.1, 0.15) is 50.8 Å². The number of pyridine rings is 1. The van der Waals surface area contributed by atoms with Gasteiger partial charge in [-0.1, -0.05) is 35.3 Å². The molecule has 5 heteroatoms. The van der Waals surface area contributed by atoms with Gasteiger partial charge >= 0.3 is 0 Å². The highest BCUT2D eigenvalue weighted by molar-refractivity contribution is 9.10. The summed E-state index contributed by atoms with van der Waals surface area (Å²) < 4.78 is 0.995. The number of fused-ring (bicyclic) bond motifs is 1. The first-order valence-corrected chi connectivity index (χ1v) is 9.92. The lowest BCUT2D eigenvalue weighted by molar-refractivity contribution is 0.187. The van der Waals surface area contributed by atoms with Crippen molar-refractivity contribution in [1.29, 1.82) is 0 Å². The fourth-order valence-corrected chi connectivity index (χ4v) is 3.48. The molecule has 3 rings (SSSR count). The molecule has 0 saturated carbocycles. The van der Waals surface area contributed by atoms with E-state index in [9.17, 15) is 5.11 Å². The Morgan fingerprint density at radius 3 is 2.77 bits per heavy atom. The summed E-state index contributed by atoms with van der Waals surface area (Å²) in [6.45, 7) is 3.98. The van der Waals surface area contributed by atoms with Crippen molar-refractivity contribution in [3.8, 4) is 0 Å². The average molecular weight is 414 g/mol. The molecule has 136 valence electrons. The number of halogens is 1. The van der Waals surface area contributed by atoms with Crippen LogP contribution in [0.15, 0.2) is 57.1 Å². The van der Waals surface area contributed by atoms with E-state index in [0.29, 0.717) is 6.42 Å². The van der Waals surface area contributed by atoms with Gasteiger partial charge in [-0.3, -0.25) is 15.0 Å². The van der Waals surface area contributed by atoms with Gasteiger partial charge in [-0.05, 0) is 56.5 Å². The molecular formula is C21H24BrN3O. The van der Waals surface area contributed by atoms with Gasteiger partial charge in [-0.25, -0.2) is 0 Å². The number of aliphatic hydroxyl groups excluding tert-OH is 1. The molecule has 1 aliphatic heterocycles. The van der Waals surface area contributed by atoms with Crippen molar-refractivity contribution in [2.45, 2.75) is 51.7 Å². The van der Waals surface area contributed by atoms with E-state index in [2.05, 4.69) is 33.9 Å². The van der Waals surface area contributed by atoms with Gasteiger partial charge in [-0.2, -0.15) is 0 Å². The first-order valence-electron chi connectivity index (χ1n) is 9.13. The van der Waals surface area contributed by atoms with Crippen LogP contribution in [0.5, 0.6) is 0 Å². The van der Waals surface area contributed by atoms with Crippen molar-refractivity contribution in [2.24, 2.45) is 9.98 Å². The molecule has 0 bridgehead atoms. The third-order valence-corrected chi connectivity index (χ3v) is 4.93. The maximum absolute atomic E-state index is 9.72. The number of nitrogens with zero attached hydrogens (tertiary/aromatic N) is 3. The summed E-state index contributed by atoms with van der Waals surface area (Å²) in [5.74, 6) is 0. The van der Waals surface area contributed by atoms with Crippen LogP contribution < -0.4 is 0 Å². The second kappa shape index (κ2) is 8.69. The number of hydrogen-bond donors (Lipinski definition) is 1. The molecule has 2 aromatic rings. The molecule has 0 amide bonds. The predicted octanol–water partition coefficient (Wildman–Crippen LogP) is 5.10. The lowest BCUT2D eigenvalue weighted by Gasteiger charge is -2.15. The first-order chi connectivity index (χ1) is 12.6. The third kappa shape index (κ3) is 4.46. The van der Waals surface area contributed by atoms with Crippen LogP contribution in [0.3, 0.4) is 0 Å². The topological polar surface area (TPSA) is 57.8 Å². The van der Waals surface area contributed by atoms with Crippen LogP contribution in [-0.4, -0.2) is 33.7 Å². The third-order valence-electron chi connectivity index (χ3n) is 4.44. The molecule has 0 saturated heterocycles. The average Bonchev–Trinajstić information content (AvgIpc) is 2.78. The Hall–Kier alpha value is -1.85. The Balaban J connectivity index is 2.13. The zero-order chi connectivity index (χ0) is 18.5. The molecule has 1 aliphatic rings. The molecule has 2 heterocycles. The van der Waals surface area contributed by atoms with E-state index in [1.807, 2.05) is 37.3 Å². The normalized spacial score (nSPS) is 17.8. The van der Waals surface area contributed by atoms with Crippen LogP contribution in [0, 0.1) is 0 Å². The fraction of sp³-hybridized carbons (Fsp3) is 0.381. The van der Waals surface area contributed by atoms with Gasteiger partial charge < -0.3 is 5.11 Å². The van der Waals surface area contributed by atoms with E-state index in [4.69, 9.17) is 9.98 Å². The molecule has 1 N–H and O–H groups in total. The molecule has 0 fully saturated rings. The molecule has 1 unspecified atom stereocenters. The maximum Gasteiger partial charge on any atom is 0.0933 e. The van der Waals surface area contributed by atoms with Gasteiger partial charge in [0.2, 0.25) is 0 Å². The summed E-state index contributed by atoms with van der Waals surface area (Å²) in [6.07, 6.45) is 4.86. The standard InChI is InChI=1S/C21H24BrN3O/c1-3-6-18-19(10-8-14(2)26)24-17-11-9-15(22)13-16(17)21(25-18)20-7-4-5-12-23-20/h4-5,7,9,11-14,18,26H,3,6,8,10H2,1-2H3/t14?,18-/m0/s1.